The molecule has 1 aliphatic heterocycles. The zero-order chi connectivity index (χ0) is 14.6. The number of hydrogen-bond donors (Lipinski definition) is 1. The molecule has 1 saturated heterocycles. The number of para-hydroxylation sites is 1. The molecule has 2 rings (SSSR count). The summed E-state index contributed by atoms with van der Waals surface area (Å²) < 4.78 is 36.7. The van der Waals surface area contributed by atoms with Gasteiger partial charge in [-0.1, -0.05) is 18.2 Å². The Morgan fingerprint density at radius 2 is 1.70 bits per heavy atom. The van der Waals surface area contributed by atoms with Crippen molar-refractivity contribution in [2.24, 2.45) is 0 Å². The lowest BCUT2D eigenvalue weighted by Gasteiger charge is -2.34. The number of piperazine rings is 1. The molecule has 2 amide bonds. The number of rotatable bonds is 2. The van der Waals surface area contributed by atoms with Crippen molar-refractivity contribution in [3.8, 4) is 0 Å². The van der Waals surface area contributed by atoms with Crippen LogP contribution in [0, 0.1) is 0 Å². The summed E-state index contributed by atoms with van der Waals surface area (Å²) in [5.41, 5.74) is 0.676. The number of nitrogens with zero attached hydrogens (tertiary/aromatic N) is 2. The van der Waals surface area contributed by atoms with Crippen LogP contribution in [0.4, 0.5) is 23.7 Å². The molecule has 0 radical (unpaired) electrons. The van der Waals surface area contributed by atoms with Crippen LogP contribution in [0.15, 0.2) is 30.3 Å². The summed E-state index contributed by atoms with van der Waals surface area (Å²) in [7, 11) is 0. The maximum Gasteiger partial charge on any atom is 0.401 e. The van der Waals surface area contributed by atoms with Crippen LogP contribution in [0.1, 0.15) is 0 Å². The third-order valence-electron chi connectivity index (χ3n) is 3.09. The van der Waals surface area contributed by atoms with E-state index in [0.717, 1.165) is 0 Å². The van der Waals surface area contributed by atoms with Gasteiger partial charge < -0.3 is 10.2 Å². The third kappa shape index (κ3) is 4.41. The lowest BCUT2D eigenvalue weighted by molar-refractivity contribution is -0.148. The average molecular weight is 287 g/mol. The Hall–Kier alpha value is -1.76. The molecule has 0 aliphatic carbocycles. The molecule has 1 aromatic rings. The zero-order valence-corrected chi connectivity index (χ0v) is 10.9. The number of carbonyl (C=O) groups is 1. The van der Waals surface area contributed by atoms with E-state index in [9.17, 15) is 18.0 Å². The largest absolute Gasteiger partial charge is 0.401 e. The summed E-state index contributed by atoms with van der Waals surface area (Å²) in [6.07, 6.45) is -4.19. The molecule has 0 bridgehead atoms. The van der Waals surface area contributed by atoms with Gasteiger partial charge >= 0.3 is 12.2 Å². The van der Waals surface area contributed by atoms with E-state index in [0.29, 0.717) is 18.8 Å². The number of alkyl halides is 3. The summed E-state index contributed by atoms with van der Waals surface area (Å²) in [5, 5.41) is 2.72. The van der Waals surface area contributed by atoms with Crippen molar-refractivity contribution < 1.29 is 18.0 Å². The molecule has 1 aromatic carbocycles. The highest BCUT2D eigenvalue weighted by molar-refractivity contribution is 5.89. The van der Waals surface area contributed by atoms with E-state index in [2.05, 4.69) is 5.32 Å². The van der Waals surface area contributed by atoms with Gasteiger partial charge in [0.25, 0.3) is 0 Å². The summed E-state index contributed by atoms with van der Waals surface area (Å²) in [5.74, 6) is 0. The maximum atomic E-state index is 12.2. The number of nitrogens with one attached hydrogen (secondary N) is 1. The van der Waals surface area contributed by atoms with E-state index >= 15 is 0 Å². The number of benzene rings is 1. The Labute approximate surface area is 115 Å². The molecule has 20 heavy (non-hydrogen) atoms. The van der Waals surface area contributed by atoms with Crippen LogP contribution >= 0.6 is 0 Å². The molecule has 1 fully saturated rings. The summed E-state index contributed by atoms with van der Waals surface area (Å²) >= 11 is 0. The number of hydrogen-bond acceptors (Lipinski definition) is 2. The molecule has 1 N–H and O–H groups in total. The highest BCUT2D eigenvalue weighted by Crippen LogP contribution is 2.17. The minimum absolute atomic E-state index is 0.238. The predicted molar refractivity (Wildman–Crippen MR) is 69.5 cm³/mol. The fraction of sp³-hybridized carbons (Fsp3) is 0.462. The van der Waals surface area contributed by atoms with Gasteiger partial charge in [0.15, 0.2) is 0 Å². The van der Waals surface area contributed by atoms with Gasteiger partial charge in [0.05, 0.1) is 6.54 Å². The first kappa shape index (κ1) is 14.6. The van der Waals surface area contributed by atoms with Crippen LogP contribution in [-0.4, -0.2) is 54.7 Å². The van der Waals surface area contributed by atoms with Crippen molar-refractivity contribution in [2.45, 2.75) is 6.18 Å². The number of anilines is 1. The highest BCUT2D eigenvalue weighted by Gasteiger charge is 2.32. The average Bonchev–Trinajstić information content (AvgIpc) is 2.39. The van der Waals surface area contributed by atoms with E-state index in [4.69, 9.17) is 0 Å². The second-order valence-corrected chi connectivity index (χ2v) is 4.67. The topological polar surface area (TPSA) is 35.6 Å². The Kier molecular flexibility index (Phi) is 4.49. The molecule has 4 nitrogen and oxygen atoms in total. The molecule has 1 aliphatic rings. The Morgan fingerprint density at radius 1 is 1.10 bits per heavy atom. The van der Waals surface area contributed by atoms with Crippen molar-refractivity contribution in [3.63, 3.8) is 0 Å². The Bertz CT molecular complexity index is 442. The summed E-state index contributed by atoms with van der Waals surface area (Å²) in [6, 6.07) is 8.69. The van der Waals surface area contributed by atoms with Crippen LogP contribution in [-0.2, 0) is 0 Å². The first-order valence-corrected chi connectivity index (χ1v) is 6.34. The quantitative estimate of drug-likeness (QED) is 0.906. The van der Waals surface area contributed by atoms with Gasteiger partial charge in [-0.05, 0) is 12.1 Å². The second-order valence-electron chi connectivity index (χ2n) is 4.67. The van der Waals surface area contributed by atoms with Crippen molar-refractivity contribution in [1.29, 1.82) is 0 Å². The molecule has 0 aromatic heterocycles. The van der Waals surface area contributed by atoms with E-state index in [1.54, 1.807) is 24.3 Å². The van der Waals surface area contributed by atoms with Crippen LogP contribution in [0.2, 0.25) is 0 Å². The minimum atomic E-state index is -4.19. The predicted octanol–water partition coefficient (Wildman–Crippen LogP) is 2.40. The third-order valence-corrected chi connectivity index (χ3v) is 3.09. The van der Waals surface area contributed by atoms with Crippen molar-refractivity contribution >= 4 is 11.7 Å². The molecule has 110 valence electrons. The van der Waals surface area contributed by atoms with Gasteiger partial charge in [-0.25, -0.2) is 4.79 Å². The lowest BCUT2D eigenvalue weighted by atomic mass is 10.3. The Balaban J connectivity index is 1.80. The smallest absolute Gasteiger partial charge is 0.322 e. The monoisotopic (exact) mass is 287 g/mol. The summed E-state index contributed by atoms with van der Waals surface area (Å²) in [6.45, 7) is 0.161. The standard InChI is InChI=1S/C13H16F3N3O/c14-13(15,16)10-18-6-8-19(9-7-18)12(20)17-11-4-2-1-3-5-11/h1-5H,6-10H2,(H,17,20). The zero-order valence-electron chi connectivity index (χ0n) is 10.9. The van der Waals surface area contributed by atoms with Crippen LogP contribution in [0.5, 0.6) is 0 Å². The lowest BCUT2D eigenvalue weighted by Crippen LogP contribution is -2.51. The SMILES string of the molecule is O=C(Nc1ccccc1)N1CCN(CC(F)(F)F)CC1. The fourth-order valence-electron chi connectivity index (χ4n) is 2.09. The van der Waals surface area contributed by atoms with Gasteiger partial charge in [-0.2, -0.15) is 13.2 Å². The van der Waals surface area contributed by atoms with Crippen LogP contribution in [0.25, 0.3) is 0 Å². The van der Waals surface area contributed by atoms with E-state index in [1.807, 2.05) is 6.07 Å². The molecule has 0 atom stereocenters. The number of carbonyl (C=O) groups excluding carboxylic acids is 1. The molecule has 0 spiro atoms. The maximum absolute atomic E-state index is 12.2. The molecule has 1 heterocycles. The molecule has 7 heteroatoms. The summed E-state index contributed by atoms with van der Waals surface area (Å²) in [4.78, 5) is 14.8. The Morgan fingerprint density at radius 3 is 2.25 bits per heavy atom. The van der Waals surface area contributed by atoms with E-state index in [-0.39, 0.29) is 19.1 Å². The number of halogens is 3. The van der Waals surface area contributed by atoms with Crippen LogP contribution in [0.3, 0.4) is 0 Å². The van der Waals surface area contributed by atoms with Crippen molar-refractivity contribution in [3.05, 3.63) is 30.3 Å². The van der Waals surface area contributed by atoms with Gasteiger partial charge in [-0.3, -0.25) is 4.90 Å². The minimum Gasteiger partial charge on any atom is -0.322 e. The molecular formula is C13H16F3N3O. The molecule has 0 saturated carbocycles. The molecule has 0 unspecified atom stereocenters. The number of amides is 2. The normalized spacial score (nSPS) is 17.1. The number of urea groups is 1. The first-order chi connectivity index (χ1) is 9.44. The highest BCUT2D eigenvalue weighted by atomic mass is 19.4. The molecular weight excluding hydrogens is 271 g/mol. The van der Waals surface area contributed by atoms with Gasteiger partial charge in [0.2, 0.25) is 0 Å². The second kappa shape index (κ2) is 6.13. The van der Waals surface area contributed by atoms with Crippen molar-refractivity contribution in [1.82, 2.24) is 9.80 Å². The van der Waals surface area contributed by atoms with E-state index < -0.39 is 12.7 Å². The van der Waals surface area contributed by atoms with Gasteiger partial charge in [-0.15, -0.1) is 0 Å². The first-order valence-electron chi connectivity index (χ1n) is 6.34. The van der Waals surface area contributed by atoms with Crippen molar-refractivity contribution in [2.75, 3.05) is 38.0 Å². The fourth-order valence-corrected chi connectivity index (χ4v) is 2.09. The van der Waals surface area contributed by atoms with Gasteiger partial charge in [0.1, 0.15) is 0 Å². The van der Waals surface area contributed by atoms with E-state index in [1.165, 1.54) is 9.80 Å². The van der Waals surface area contributed by atoms with Gasteiger partial charge in [0, 0.05) is 31.9 Å². The van der Waals surface area contributed by atoms with Crippen LogP contribution < -0.4 is 5.32 Å².